The molecule has 0 radical (unpaired) electrons. The summed E-state index contributed by atoms with van der Waals surface area (Å²) in [6.07, 6.45) is 11.4. The normalized spacial score (nSPS) is 23.0. The molecule has 0 aliphatic carbocycles. The van der Waals surface area contributed by atoms with Gasteiger partial charge in [0.1, 0.15) is 12.4 Å². The summed E-state index contributed by atoms with van der Waals surface area (Å²) in [7, 11) is 1.77. The highest BCUT2D eigenvalue weighted by Gasteiger charge is 2.30. The Labute approximate surface area is 224 Å². The lowest BCUT2D eigenvalue weighted by Gasteiger charge is -2.45. The van der Waals surface area contributed by atoms with Gasteiger partial charge in [0.2, 0.25) is 5.95 Å². The Morgan fingerprint density at radius 3 is 2.53 bits per heavy atom. The third kappa shape index (κ3) is 5.17. The van der Waals surface area contributed by atoms with Gasteiger partial charge in [0.25, 0.3) is 5.56 Å². The molecular formula is C29H37N7O2. The maximum absolute atomic E-state index is 12.8. The minimum absolute atomic E-state index is 0.0864. The van der Waals surface area contributed by atoms with E-state index >= 15 is 0 Å². The molecule has 3 saturated heterocycles. The van der Waals surface area contributed by atoms with E-state index in [1.165, 1.54) is 69.7 Å². The quantitative estimate of drug-likeness (QED) is 0.510. The minimum Gasteiger partial charge on any atom is -0.370 e. The third-order valence-electron chi connectivity index (χ3n) is 8.18. The molecule has 3 aromatic rings. The van der Waals surface area contributed by atoms with Crippen LogP contribution in [0.4, 0.5) is 11.6 Å². The van der Waals surface area contributed by atoms with E-state index in [0.29, 0.717) is 43.2 Å². The first-order valence-corrected chi connectivity index (χ1v) is 14.0. The maximum Gasteiger partial charge on any atom is 0.255 e. The Morgan fingerprint density at radius 1 is 0.921 bits per heavy atom. The van der Waals surface area contributed by atoms with E-state index in [1.807, 2.05) is 0 Å². The first-order valence-electron chi connectivity index (χ1n) is 14.0. The van der Waals surface area contributed by atoms with Crippen molar-refractivity contribution >= 4 is 11.6 Å². The average molecular weight is 516 g/mol. The van der Waals surface area contributed by atoms with E-state index < -0.39 is 0 Å². The number of likely N-dealkylation sites (tertiary alicyclic amines) is 1. The number of benzene rings is 1. The van der Waals surface area contributed by atoms with Crippen molar-refractivity contribution in [2.45, 2.75) is 50.8 Å². The summed E-state index contributed by atoms with van der Waals surface area (Å²) in [6.45, 7) is 5.44. The van der Waals surface area contributed by atoms with Crippen LogP contribution in [0.5, 0.6) is 0 Å². The lowest BCUT2D eigenvalue weighted by Crippen LogP contribution is -2.52. The molecule has 9 nitrogen and oxygen atoms in total. The molecule has 3 aliphatic rings. The van der Waals surface area contributed by atoms with E-state index in [1.54, 1.807) is 23.9 Å². The van der Waals surface area contributed by atoms with Crippen LogP contribution in [0, 0.1) is 0 Å². The number of nitrogens with zero attached hydrogens (tertiary/aromatic N) is 7. The average Bonchev–Trinajstić information content (AvgIpc) is 2.99. The van der Waals surface area contributed by atoms with Gasteiger partial charge in [-0.1, -0.05) is 18.6 Å². The van der Waals surface area contributed by atoms with Crippen LogP contribution in [-0.2, 0) is 11.8 Å². The van der Waals surface area contributed by atoms with Gasteiger partial charge < -0.3 is 14.5 Å². The van der Waals surface area contributed by atoms with Crippen LogP contribution in [0.25, 0.3) is 11.4 Å². The van der Waals surface area contributed by atoms with Crippen molar-refractivity contribution in [2.24, 2.45) is 7.05 Å². The highest BCUT2D eigenvalue weighted by Crippen LogP contribution is 2.31. The van der Waals surface area contributed by atoms with Crippen molar-refractivity contribution in [1.29, 1.82) is 0 Å². The molecule has 1 aromatic carbocycles. The van der Waals surface area contributed by atoms with Crippen molar-refractivity contribution in [3.8, 4) is 11.4 Å². The molecule has 0 spiro atoms. The Kier molecular flexibility index (Phi) is 7.38. The summed E-state index contributed by atoms with van der Waals surface area (Å²) in [5, 5.41) is 0. The zero-order valence-corrected chi connectivity index (χ0v) is 22.2. The Hall–Kier alpha value is -3.30. The van der Waals surface area contributed by atoms with E-state index in [2.05, 4.69) is 48.9 Å². The van der Waals surface area contributed by atoms with Gasteiger partial charge in [-0.15, -0.1) is 0 Å². The molecule has 2 aromatic heterocycles. The lowest BCUT2D eigenvalue weighted by atomic mass is 10.0. The summed E-state index contributed by atoms with van der Waals surface area (Å²) in [5.74, 6) is 0.633. The van der Waals surface area contributed by atoms with Gasteiger partial charge in [-0.25, -0.2) is 15.0 Å². The molecule has 5 heterocycles. The Bertz CT molecular complexity index is 1270. The fraction of sp³-hybridized carbons (Fsp3) is 0.517. The van der Waals surface area contributed by atoms with E-state index in [-0.39, 0.29) is 11.7 Å². The molecule has 2 unspecified atom stereocenters. The van der Waals surface area contributed by atoms with Crippen LogP contribution in [0.1, 0.15) is 50.2 Å². The summed E-state index contributed by atoms with van der Waals surface area (Å²) in [4.78, 5) is 33.3. The number of ether oxygens (including phenoxy) is 1. The number of hydrogen-bond donors (Lipinski definition) is 0. The fourth-order valence-electron chi connectivity index (χ4n) is 6.11. The van der Waals surface area contributed by atoms with Crippen LogP contribution < -0.4 is 15.4 Å². The van der Waals surface area contributed by atoms with Gasteiger partial charge in [0.15, 0.2) is 0 Å². The molecule has 3 aliphatic heterocycles. The molecule has 0 amide bonds. The monoisotopic (exact) mass is 515 g/mol. The highest BCUT2D eigenvalue weighted by atomic mass is 16.5. The molecule has 9 heteroatoms. The van der Waals surface area contributed by atoms with Crippen molar-refractivity contribution in [2.75, 3.05) is 49.1 Å². The van der Waals surface area contributed by atoms with Crippen LogP contribution in [0.3, 0.4) is 0 Å². The van der Waals surface area contributed by atoms with Crippen LogP contribution in [-0.4, -0.2) is 69.9 Å². The molecule has 2 atom stereocenters. The topological polar surface area (TPSA) is 79.6 Å². The molecule has 200 valence electrons. The first-order chi connectivity index (χ1) is 18.7. The Balaban J connectivity index is 1.20. The third-order valence-corrected chi connectivity index (χ3v) is 8.18. The standard InChI is InChI=1S/C29H37N7O2/c1-33-28(37)19-25(24-12-13-30-21-31-24)32-29(33)35-17-18-38-26(20-35)22-8-10-23(11-9-22)36-16-6-3-7-27(36)34-14-4-2-5-15-34/h8-13,19,21,26-27H,2-7,14-18,20H2,1H3. The zero-order chi connectivity index (χ0) is 25.9. The largest absolute Gasteiger partial charge is 0.370 e. The summed E-state index contributed by atoms with van der Waals surface area (Å²) in [6, 6.07) is 12.3. The highest BCUT2D eigenvalue weighted by molar-refractivity contribution is 5.55. The molecule has 6 rings (SSSR count). The summed E-state index contributed by atoms with van der Waals surface area (Å²) in [5.41, 5.74) is 3.55. The van der Waals surface area contributed by atoms with Crippen molar-refractivity contribution < 1.29 is 4.74 Å². The van der Waals surface area contributed by atoms with Crippen molar-refractivity contribution in [1.82, 2.24) is 24.4 Å². The van der Waals surface area contributed by atoms with Crippen molar-refractivity contribution in [3.05, 3.63) is 64.8 Å². The van der Waals surface area contributed by atoms with Gasteiger partial charge >= 0.3 is 0 Å². The molecular weight excluding hydrogens is 478 g/mol. The van der Waals surface area contributed by atoms with E-state index in [0.717, 1.165) is 12.1 Å². The van der Waals surface area contributed by atoms with Crippen LogP contribution in [0.2, 0.25) is 0 Å². The predicted molar refractivity (Wildman–Crippen MR) is 148 cm³/mol. The molecule has 38 heavy (non-hydrogen) atoms. The van der Waals surface area contributed by atoms with Gasteiger partial charge in [0.05, 0.1) is 30.7 Å². The van der Waals surface area contributed by atoms with Gasteiger partial charge in [0, 0.05) is 51.2 Å². The number of rotatable bonds is 5. The number of hydrogen-bond acceptors (Lipinski definition) is 8. The second-order valence-corrected chi connectivity index (χ2v) is 10.6. The second-order valence-electron chi connectivity index (χ2n) is 10.6. The van der Waals surface area contributed by atoms with Gasteiger partial charge in [-0.05, 0) is 55.9 Å². The van der Waals surface area contributed by atoms with E-state index in [4.69, 9.17) is 9.72 Å². The van der Waals surface area contributed by atoms with Gasteiger partial charge in [-0.2, -0.15) is 0 Å². The summed E-state index contributed by atoms with van der Waals surface area (Å²) >= 11 is 0. The van der Waals surface area contributed by atoms with E-state index in [9.17, 15) is 4.79 Å². The molecule has 0 bridgehead atoms. The second kappa shape index (κ2) is 11.2. The minimum atomic E-state index is -0.110. The predicted octanol–water partition coefficient (Wildman–Crippen LogP) is 3.62. The molecule has 3 fully saturated rings. The fourth-order valence-corrected chi connectivity index (χ4v) is 6.11. The first kappa shape index (κ1) is 25.0. The van der Waals surface area contributed by atoms with Crippen LogP contribution in [0.15, 0.2) is 53.7 Å². The number of morpholine rings is 1. The van der Waals surface area contributed by atoms with Crippen molar-refractivity contribution in [3.63, 3.8) is 0 Å². The number of aromatic nitrogens is 4. The lowest BCUT2D eigenvalue weighted by molar-refractivity contribution is 0.0390. The SMILES string of the molecule is Cn1c(N2CCOC(c3ccc(N4CCCCC4N4CCCCC4)cc3)C2)nc(-c2ccncn2)cc1=O. The smallest absolute Gasteiger partial charge is 0.255 e. The maximum atomic E-state index is 12.8. The Morgan fingerprint density at radius 2 is 1.74 bits per heavy atom. The molecule has 0 saturated carbocycles. The number of anilines is 2. The number of piperidine rings is 2. The molecule has 0 N–H and O–H groups in total. The van der Waals surface area contributed by atoms with Crippen LogP contribution >= 0.6 is 0 Å². The summed E-state index contributed by atoms with van der Waals surface area (Å²) < 4.78 is 7.81. The zero-order valence-electron chi connectivity index (χ0n) is 22.2. The van der Waals surface area contributed by atoms with Gasteiger partial charge in [-0.3, -0.25) is 14.3 Å².